The van der Waals surface area contributed by atoms with Gasteiger partial charge in [-0.15, -0.1) is 0 Å². The molecule has 0 amide bonds. The normalized spacial score (nSPS) is 11.6. The number of hydrogen-bond donors (Lipinski definition) is 0. The van der Waals surface area contributed by atoms with Crippen LogP contribution >= 0.6 is 0 Å². The van der Waals surface area contributed by atoms with Gasteiger partial charge in [0.15, 0.2) is 0 Å². The third-order valence-electron chi connectivity index (χ3n) is 2.21. The highest BCUT2D eigenvalue weighted by Crippen LogP contribution is 2.13. The molecule has 1 aromatic heterocycles. The average molecular weight is 235 g/mol. The molecule has 0 saturated carbocycles. The molecule has 7 heteroatoms. The molecule has 0 saturated heterocycles. The van der Waals surface area contributed by atoms with E-state index in [1.165, 1.54) is 12.4 Å². The van der Waals surface area contributed by atoms with Crippen molar-refractivity contribution >= 4 is 11.6 Å². The maximum atomic E-state index is 10.4. The Balaban J connectivity index is 2.83. The minimum absolute atomic E-state index is 0.141. The summed E-state index contributed by atoms with van der Waals surface area (Å²) in [7, 11) is 0. The first-order chi connectivity index (χ1) is 8.08. The Hall–Kier alpha value is -2.23. The second kappa shape index (κ2) is 5.75. The monoisotopic (exact) mass is 235 g/mol. The van der Waals surface area contributed by atoms with Gasteiger partial charge in [-0.2, -0.15) is 5.26 Å². The third kappa shape index (κ3) is 3.38. The highest BCUT2D eigenvalue weighted by atomic mass is 16.6. The van der Waals surface area contributed by atoms with E-state index in [0.29, 0.717) is 19.0 Å². The minimum atomic E-state index is -0.544. The smallest absolute Gasteiger partial charge is 0.305 e. The SMILES string of the molecule is CCN(CC(C)C#N)c1ncc([N+](=O)[O-])cn1. The van der Waals surface area contributed by atoms with Gasteiger partial charge in [-0.3, -0.25) is 10.1 Å². The van der Waals surface area contributed by atoms with Crippen LogP contribution in [0.25, 0.3) is 0 Å². The molecule has 17 heavy (non-hydrogen) atoms. The van der Waals surface area contributed by atoms with E-state index in [2.05, 4.69) is 16.0 Å². The van der Waals surface area contributed by atoms with Gasteiger partial charge in [0.25, 0.3) is 0 Å². The van der Waals surface area contributed by atoms with Crippen molar-refractivity contribution in [1.29, 1.82) is 5.26 Å². The van der Waals surface area contributed by atoms with Crippen LogP contribution in [-0.2, 0) is 0 Å². The van der Waals surface area contributed by atoms with Crippen LogP contribution in [0.3, 0.4) is 0 Å². The molecule has 0 radical (unpaired) electrons. The van der Waals surface area contributed by atoms with Crippen molar-refractivity contribution in [3.8, 4) is 6.07 Å². The fourth-order valence-corrected chi connectivity index (χ4v) is 1.30. The van der Waals surface area contributed by atoms with E-state index < -0.39 is 4.92 Å². The van der Waals surface area contributed by atoms with Crippen molar-refractivity contribution in [3.05, 3.63) is 22.5 Å². The molecule has 1 unspecified atom stereocenters. The lowest BCUT2D eigenvalue weighted by atomic mass is 10.2. The van der Waals surface area contributed by atoms with E-state index in [9.17, 15) is 10.1 Å². The maximum absolute atomic E-state index is 10.4. The summed E-state index contributed by atoms with van der Waals surface area (Å²) in [6.45, 7) is 4.86. The second-order valence-corrected chi connectivity index (χ2v) is 3.57. The van der Waals surface area contributed by atoms with Gasteiger partial charge in [-0.05, 0) is 13.8 Å². The van der Waals surface area contributed by atoms with Crippen molar-refractivity contribution in [1.82, 2.24) is 9.97 Å². The van der Waals surface area contributed by atoms with E-state index >= 15 is 0 Å². The Bertz CT molecular complexity index is 425. The molecule has 0 fully saturated rings. The van der Waals surface area contributed by atoms with Gasteiger partial charge in [0.1, 0.15) is 12.4 Å². The van der Waals surface area contributed by atoms with Gasteiger partial charge in [-0.25, -0.2) is 9.97 Å². The molecule has 0 aliphatic carbocycles. The van der Waals surface area contributed by atoms with Crippen molar-refractivity contribution in [2.24, 2.45) is 5.92 Å². The Morgan fingerprint density at radius 3 is 2.59 bits per heavy atom. The summed E-state index contributed by atoms with van der Waals surface area (Å²) >= 11 is 0. The third-order valence-corrected chi connectivity index (χ3v) is 2.21. The molecule has 0 aliphatic rings. The Morgan fingerprint density at radius 2 is 2.18 bits per heavy atom. The first-order valence-electron chi connectivity index (χ1n) is 5.19. The first-order valence-corrected chi connectivity index (χ1v) is 5.19. The van der Waals surface area contributed by atoms with Gasteiger partial charge in [0.2, 0.25) is 5.95 Å². The van der Waals surface area contributed by atoms with Crippen LogP contribution in [0, 0.1) is 27.4 Å². The molecule has 0 bridgehead atoms. The van der Waals surface area contributed by atoms with E-state index in [1.807, 2.05) is 6.92 Å². The van der Waals surface area contributed by atoms with Gasteiger partial charge in [0, 0.05) is 13.1 Å². The lowest BCUT2D eigenvalue weighted by molar-refractivity contribution is -0.385. The Kier molecular flexibility index (Phi) is 4.34. The molecule has 0 spiro atoms. The van der Waals surface area contributed by atoms with Gasteiger partial charge >= 0.3 is 5.69 Å². The predicted molar refractivity (Wildman–Crippen MR) is 61.4 cm³/mol. The van der Waals surface area contributed by atoms with Crippen molar-refractivity contribution in [2.45, 2.75) is 13.8 Å². The Morgan fingerprint density at radius 1 is 1.59 bits per heavy atom. The highest BCUT2D eigenvalue weighted by Gasteiger charge is 2.13. The van der Waals surface area contributed by atoms with Crippen LogP contribution in [0.2, 0.25) is 0 Å². The topological polar surface area (TPSA) is 96.0 Å². The van der Waals surface area contributed by atoms with Crippen molar-refractivity contribution in [2.75, 3.05) is 18.0 Å². The van der Waals surface area contributed by atoms with E-state index in [1.54, 1.807) is 11.8 Å². The number of rotatable bonds is 5. The summed E-state index contributed by atoms with van der Waals surface area (Å²) in [5.74, 6) is 0.258. The standard InChI is InChI=1S/C10H13N5O2/c1-3-14(7-8(2)4-11)10-12-5-9(6-13-10)15(16)17/h5-6,8H,3,7H2,1-2H3. The van der Waals surface area contributed by atoms with E-state index in [0.717, 1.165) is 0 Å². The number of hydrogen-bond acceptors (Lipinski definition) is 6. The predicted octanol–water partition coefficient (Wildman–Crippen LogP) is 1.37. The van der Waals surface area contributed by atoms with Crippen LogP contribution in [-0.4, -0.2) is 28.0 Å². The van der Waals surface area contributed by atoms with E-state index in [-0.39, 0.29) is 11.6 Å². The van der Waals surface area contributed by atoms with Crippen molar-refractivity contribution < 1.29 is 4.92 Å². The van der Waals surface area contributed by atoms with Crippen LogP contribution < -0.4 is 4.90 Å². The molecular formula is C10H13N5O2. The Labute approximate surface area is 98.9 Å². The molecule has 1 rings (SSSR count). The maximum Gasteiger partial charge on any atom is 0.305 e. The summed E-state index contributed by atoms with van der Waals surface area (Å²) in [5.41, 5.74) is -0.141. The lowest BCUT2D eigenvalue weighted by Gasteiger charge is -2.21. The fourth-order valence-electron chi connectivity index (χ4n) is 1.30. The van der Waals surface area contributed by atoms with Crippen LogP contribution in [0.5, 0.6) is 0 Å². The van der Waals surface area contributed by atoms with Gasteiger partial charge < -0.3 is 4.90 Å². The van der Waals surface area contributed by atoms with Crippen LogP contribution in [0.1, 0.15) is 13.8 Å². The van der Waals surface area contributed by atoms with E-state index in [4.69, 9.17) is 5.26 Å². The van der Waals surface area contributed by atoms with Crippen LogP contribution in [0.15, 0.2) is 12.4 Å². The molecule has 0 N–H and O–H groups in total. The highest BCUT2D eigenvalue weighted by molar-refractivity contribution is 5.33. The molecule has 0 aliphatic heterocycles. The largest absolute Gasteiger partial charge is 0.340 e. The molecule has 1 aromatic rings. The average Bonchev–Trinajstić information content (AvgIpc) is 2.35. The summed E-state index contributed by atoms with van der Waals surface area (Å²) in [4.78, 5) is 19.5. The summed E-state index contributed by atoms with van der Waals surface area (Å²) in [6, 6.07) is 2.12. The fraction of sp³-hybridized carbons (Fsp3) is 0.500. The number of nitriles is 1. The molecular weight excluding hydrogens is 222 g/mol. The number of nitro groups is 1. The summed E-state index contributed by atoms with van der Waals surface area (Å²) in [5, 5.41) is 19.2. The number of nitrogens with zero attached hydrogens (tertiary/aromatic N) is 5. The number of anilines is 1. The van der Waals surface area contributed by atoms with Crippen LogP contribution in [0.4, 0.5) is 11.6 Å². The molecule has 90 valence electrons. The minimum Gasteiger partial charge on any atom is -0.340 e. The zero-order chi connectivity index (χ0) is 12.8. The second-order valence-electron chi connectivity index (χ2n) is 3.57. The van der Waals surface area contributed by atoms with Gasteiger partial charge in [-0.1, -0.05) is 0 Å². The molecule has 1 heterocycles. The molecule has 0 aromatic carbocycles. The zero-order valence-corrected chi connectivity index (χ0v) is 9.70. The zero-order valence-electron chi connectivity index (χ0n) is 9.70. The molecule has 1 atom stereocenters. The quantitative estimate of drug-likeness (QED) is 0.565. The molecule has 7 nitrogen and oxygen atoms in total. The van der Waals surface area contributed by atoms with Crippen molar-refractivity contribution in [3.63, 3.8) is 0 Å². The number of aromatic nitrogens is 2. The van der Waals surface area contributed by atoms with Gasteiger partial charge in [0.05, 0.1) is 16.9 Å². The summed E-state index contributed by atoms with van der Waals surface area (Å²) < 4.78 is 0. The lowest BCUT2D eigenvalue weighted by Crippen LogP contribution is -2.29. The summed E-state index contributed by atoms with van der Waals surface area (Å²) in [6.07, 6.45) is 2.34. The first kappa shape index (κ1) is 12.8.